The van der Waals surface area contributed by atoms with E-state index >= 15 is 0 Å². The van der Waals surface area contributed by atoms with Crippen molar-refractivity contribution in [2.45, 2.75) is 31.8 Å². The molecule has 4 atom stereocenters. The van der Waals surface area contributed by atoms with Crippen LogP contribution in [-0.2, 0) is 6.54 Å². The van der Waals surface area contributed by atoms with Crippen LogP contribution >= 0.6 is 0 Å². The first-order valence-electron chi connectivity index (χ1n) is 7.60. The van der Waals surface area contributed by atoms with Crippen molar-refractivity contribution < 1.29 is 4.42 Å². The number of fused-ring (bicyclic) bond motifs is 6. The van der Waals surface area contributed by atoms with Crippen molar-refractivity contribution >= 4 is 11.0 Å². The van der Waals surface area contributed by atoms with E-state index in [9.17, 15) is 0 Å². The third-order valence-electron chi connectivity index (χ3n) is 5.82. The van der Waals surface area contributed by atoms with Gasteiger partial charge < -0.3 is 9.73 Å². The minimum absolute atomic E-state index is 0.805. The van der Waals surface area contributed by atoms with Crippen LogP contribution in [0.2, 0.25) is 0 Å². The zero-order valence-corrected chi connectivity index (χ0v) is 11.0. The van der Waals surface area contributed by atoms with Crippen LogP contribution in [0.5, 0.6) is 0 Å². The number of rotatable bonds is 3. The van der Waals surface area contributed by atoms with Gasteiger partial charge in [-0.15, -0.1) is 0 Å². The summed E-state index contributed by atoms with van der Waals surface area (Å²) < 4.78 is 5.61. The van der Waals surface area contributed by atoms with E-state index in [1.54, 1.807) is 0 Å². The lowest BCUT2D eigenvalue weighted by Crippen LogP contribution is -2.22. The van der Waals surface area contributed by atoms with Crippen LogP contribution in [-0.4, -0.2) is 6.04 Å². The molecule has 19 heavy (non-hydrogen) atoms. The molecule has 98 valence electrons. The van der Waals surface area contributed by atoms with Crippen LogP contribution in [0, 0.1) is 23.7 Å². The number of para-hydroxylation sites is 1. The van der Waals surface area contributed by atoms with Gasteiger partial charge in [0.2, 0.25) is 0 Å². The molecule has 4 unspecified atom stereocenters. The molecule has 5 rings (SSSR count). The molecule has 1 aromatic heterocycles. The zero-order chi connectivity index (χ0) is 12.4. The predicted molar refractivity (Wildman–Crippen MR) is 74.7 cm³/mol. The van der Waals surface area contributed by atoms with Gasteiger partial charge in [-0.1, -0.05) is 18.2 Å². The molecule has 1 N–H and O–H groups in total. The van der Waals surface area contributed by atoms with E-state index in [1.165, 1.54) is 30.2 Å². The summed E-state index contributed by atoms with van der Waals surface area (Å²) in [5.74, 6) is 4.12. The Morgan fingerprint density at radius 3 is 2.74 bits per heavy atom. The lowest BCUT2D eigenvalue weighted by molar-refractivity contribution is 0.456. The average Bonchev–Trinajstić information content (AvgIpc) is 2.85. The minimum atomic E-state index is 0.805. The first-order chi connectivity index (χ1) is 9.42. The topological polar surface area (TPSA) is 25.2 Å². The molecular formula is C17H19NO. The van der Waals surface area contributed by atoms with Crippen LogP contribution in [0.3, 0.4) is 0 Å². The molecule has 0 aliphatic heterocycles. The Kier molecular flexibility index (Phi) is 2.01. The highest BCUT2D eigenvalue weighted by molar-refractivity contribution is 5.80. The van der Waals surface area contributed by atoms with Gasteiger partial charge in [0.05, 0.1) is 6.26 Å². The molecule has 0 radical (unpaired) electrons. The molecule has 3 aliphatic carbocycles. The average molecular weight is 253 g/mol. The highest BCUT2D eigenvalue weighted by atomic mass is 16.3. The molecule has 2 heteroatoms. The second-order valence-corrected chi connectivity index (χ2v) is 6.65. The van der Waals surface area contributed by atoms with Crippen LogP contribution < -0.4 is 5.32 Å². The fourth-order valence-electron chi connectivity index (χ4n) is 5.00. The van der Waals surface area contributed by atoms with E-state index in [2.05, 4.69) is 17.4 Å². The maximum atomic E-state index is 5.61. The summed E-state index contributed by atoms with van der Waals surface area (Å²) in [6.45, 7) is 0.966. The van der Waals surface area contributed by atoms with Gasteiger partial charge in [-0.05, 0) is 49.0 Å². The molecule has 1 aromatic carbocycles. The summed E-state index contributed by atoms with van der Waals surface area (Å²) in [6, 6.07) is 9.14. The quantitative estimate of drug-likeness (QED) is 0.904. The second kappa shape index (κ2) is 3.63. The molecule has 0 amide bonds. The van der Waals surface area contributed by atoms with E-state index in [4.69, 9.17) is 4.42 Å². The van der Waals surface area contributed by atoms with Crippen LogP contribution in [0.25, 0.3) is 11.0 Å². The van der Waals surface area contributed by atoms with E-state index in [0.29, 0.717) is 0 Å². The highest BCUT2D eigenvalue weighted by Gasteiger charge is 2.64. The van der Waals surface area contributed by atoms with Gasteiger partial charge in [-0.3, -0.25) is 0 Å². The molecule has 1 heterocycles. The Labute approximate surface area is 113 Å². The van der Waals surface area contributed by atoms with Gasteiger partial charge in [-0.2, -0.15) is 0 Å². The van der Waals surface area contributed by atoms with Crippen LogP contribution in [0.15, 0.2) is 34.9 Å². The SMILES string of the molecule is c1ccc2c(CNC3C4C5CCC(C5)C34)coc2c1. The van der Waals surface area contributed by atoms with Gasteiger partial charge in [0.15, 0.2) is 0 Å². The van der Waals surface area contributed by atoms with Gasteiger partial charge >= 0.3 is 0 Å². The van der Waals surface area contributed by atoms with E-state index in [0.717, 1.165) is 41.8 Å². The molecular weight excluding hydrogens is 234 g/mol. The second-order valence-electron chi connectivity index (χ2n) is 6.65. The Balaban J connectivity index is 1.32. The Hall–Kier alpha value is -1.28. The van der Waals surface area contributed by atoms with Crippen LogP contribution in [0.1, 0.15) is 24.8 Å². The van der Waals surface area contributed by atoms with Crippen molar-refractivity contribution in [1.29, 1.82) is 0 Å². The summed E-state index contributed by atoms with van der Waals surface area (Å²) in [7, 11) is 0. The molecule has 2 bridgehead atoms. The minimum Gasteiger partial charge on any atom is -0.464 e. The molecule has 0 saturated heterocycles. The van der Waals surface area contributed by atoms with Crippen LogP contribution in [0.4, 0.5) is 0 Å². The lowest BCUT2D eigenvalue weighted by Gasteiger charge is -2.09. The van der Waals surface area contributed by atoms with Gasteiger partial charge in [0.25, 0.3) is 0 Å². The molecule has 2 nitrogen and oxygen atoms in total. The zero-order valence-electron chi connectivity index (χ0n) is 11.0. The first-order valence-corrected chi connectivity index (χ1v) is 7.60. The number of nitrogens with one attached hydrogen (secondary N) is 1. The van der Waals surface area contributed by atoms with E-state index < -0.39 is 0 Å². The van der Waals surface area contributed by atoms with Gasteiger partial charge in [0.1, 0.15) is 5.58 Å². The van der Waals surface area contributed by atoms with E-state index in [-0.39, 0.29) is 0 Å². The van der Waals surface area contributed by atoms with Gasteiger partial charge in [0, 0.05) is 23.5 Å². The van der Waals surface area contributed by atoms with Crippen molar-refractivity contribution in [2.75, 3.05) is 0 Å². The summed E-state index contributed by atoms with van der Waals surface area (Å²) in [5.41, 5.74) is 2.32. The van der Waals surface area contributed by atoms with Gasteiger partial charge in [-0.25, -0.2) is 0 Å². The Morgan fingerprint density at radius 2 is 1.89 bits per heavy atom. The largest absolute Gasteiger partial charge is 0.464 e. The standard InChI is InChI=1S/C17H19NO/c1-2-4-14-13(3-1)12(9-19-14)8-18-17-15-10-5-6-11(7-10)16(15)17/h1-4,9-11,15-18H,5-8H2. The van der Waals surface area contributed by atoms with Crippen molar-refractivity contribution in [3.05, 3.63) is 36.1 Å². The number of hydrogen-bond donors (Lipinski definition) is 1. The molecule has 0 spiro atoms. The number of benzene rings is 1. The summed E-state index contributed by atoms with van der Waals surface area (Å²) >= 11 is 0. The summed E-state index contributed by atoms with van der Waals surface area (Å²) in [5, 5.41) is 5.06. The summed E-state index contributed by atoms with van der Waals surface area (Å²) in [6.07, 6.45) is 6.45. The third-order valence-corrected chi connectivity index (χ3v) is 5.82. The molecule has 3 fully saturated rings. The lowest BCUT2D eigenvalue weighted by atomic mass is 10.0. The monoisotopic (exact) mass is 253 g/mol. The summed E-state index contributed by atoms with van der Waals surface area (Å²) in [4.78, 5) is 0. The number of hydrogen-bond acceptors (Lipinski definition) is 2. The highest BCUT2D eigenvalue weighted by Crippen LogP contribution is 2.65. The molecule has 3 saturated carbocycles. The Bertz CT molecular complexity index is 615. The smallest absolute Gasteiger partial charge is 0.134 e. The maximum absolute atomic E-state index is 5.61. The Morgan fingerprint density at radius 1 is 1.11 bits per heavy atom. The van der Waals surface area contributed by atoms with E-state index in [1.807, 2.05) is 18.4 Å². The normalized spacial score (nSPS) is 38.8. The molecule has 3 aliphatic rings. The predicted octanol–water partition coefficient (Wildman–Crippen LogP) is 3.57. The van der Waals surface area contributed by atoms with Crippen molar-refractivity contribution in [2.24, 2.45) is 23.7 Å². The fourth-order valence-corrected chi connectivity index (χ4v) is 5.00. The fraction of sp³-hybridized carbons (Fsp3) is 0.529. The maximum Gasteiger partial charge on any atom is 0.134 e. The van der Waals surface area contributed by atoms with Crippen molar-refractivity contribution in [1.82, 2.24) is 5.32 Å². The molecule has 2 aromatic rings. The van der Waals surface area contributed by atoms with Crippen molar-refractivity contribution in [3.63, 3.8) is 0 Å². The first kappa shape index (κ1) is 10.5. The number of furan rings is 1. The third kappa shape index (κ3) is 1.41. The van der Waals surface area contributed by atoms with Crippen molar-refractivity contribution in [3.8, 4) is 0 Å².